The number of amides is 2. The Bertz CT molecular complexity index is 1080. The van der Waals surface area contributed by atoms with E-state index in [2.05, 4.69) is 15.6 Å². The molecule has 1 aromatic carbocycles. The van der Waals surface area contributed by atoms with Gasteiger partial charge in [-0.05, 0) is 38.6 Å². The van der Waals surface area contributed by atoms with Crippen molar-refractivity contribution in [3.05, 3.63) is 57.0 Å². The molecule has 0 saturated heterocycles. The van der Waals surface area contributed by atoms with E-state index in [0.717, 1.165) is 6.07 Å². The second-order valence-electron chi connectivity index (χ2n) is 7.63. The van der Waals surface area contributed by atoms with Crippen LogP contribution in [0, 0.1) is 5.82 Å². The van der Waals surface area contributed by atoms with E-state index >= 15 is 0 Å². The molecule has 30 heavy (non-hydrogen) atoms. The summed E-state index contributed by atoms with van der Waals surface area (Å²) in [5.74, 6) is -2.22. The lowest BCUT2D eigenvalue weighted by atomic mass is 9.99. The maximum absolute atomic E-state index is 13.5. The minimum absolute atomic E-state index is 0.0725. The number of rotatable bonds is 4. The number of likely N-dealkylation sites (N-methyl/N-ethyl adjacent to an activating group) is 1. The molecule has 0 unspecified atom stereocenters. The molecule has 3 N–H and O–H groups in total. The molecule has 1 aliphatic heterocycles. The summed E-state index contributed by atoms with van der Waals surface area (Å²) in [6, 6.07) is 3.63. The first-order valence-corrected chi connectivity index (χ1v) is 9.42. The number of carbonyl (C=O) groups is 2. The number of hydrogen-bond donors (Lipinski definition) is 3. The predicted octanol–water partition coefficient (Wildman–Crippen LogP) is 0.558. The number of halogens is 1. The Kier molecular flexibility index (Phi) is 5.62. The van der Waals surface area contributed by atoms with Crippen LogP contribution >= 0.6 is 0 Å². The highest BCUT2D eigenvalue weighted by molar-refractivity contribution is 5.96. The average molecular weight is 417 g/mol. The zero-order valence-electron chi connectivity index (χ0n) is 17.2. The van der Waals surface area contributed by atoms with Gasteiger partial charge in [0, 0.05) is 32.2 Å². The largest absolute Gasteiger partial charge is 0.501 e. The lowest BCUT2D eigenvalue weighted by Gasteiger charge is -2.40. The molecule has 2 heterocycles. The zero-order chi connectivity index (χ0) is 22.2. The Labute approximate surface area is 172 Å². The summed E-state index contributed by atoms with van der Waals surface area (Å²) < 4.78 is 14.9. The number of benzene rings is 1. The fourth-order valence-electron chi connectivity index (χ4n) is 3.39. The van der Waals surface area contributed by atoms with Gasteiger partial charge in [0.2, 0.25) is 5.75 Å². The van der Waals surface area contributed by atoms with Crippen molar-refractivity contribution in [3.63, 3.8) is 0 Å². The van der Waals surface area contributed by atoms with Gasteiger partial charge in [0.1, 0.15) is 11.6 Å². The first kappa shape index (κ1) is 21.4. The number of aromatic hydroxyl groups is 1. The molecule has 0 saturated carbocycles. The summed E-state index contributed by atoms with van der Waals surface area (Å²) in [4.78, 5) is 43.6. The van der Waals surface area contributed by atoms with E-state index in [-0.39, 0.29) is 12.1 Å². The summed E-state index contributed by atoms with van der Waals surface area (Å²) >= 11 is 0. The van der Waals surface area contributed by atoms with E-state index in [1.807, 2.05) is 25.8 Å². The van der Waals surface area contributed by atoms with Crippen LogP contribution in [-0.4, -0.2) is 52.0 Å². The molecule has 160 valence electrons. The fourth-order valence-corrected chi connectivity index (χ4v) is 3.39. The van der Waals surface area contributed by atoms with E-state index in [1.165, 1.54) is 23.7 Å². The molecule has 9 nitrogen and oxygen atoms in total. The van der Waals surface area contributed by atoms with E-state index in [1.54, 1.807) is 0 Å². The van der Waals surface area contributed by atoms with Crippen LogP contribution in [0.25, 0.3) is 0 Å². The SMILES string of the molecule is CNC(=O)c1cc(F)ccc1CNC(=O)c1nc2n(c(=O)c1O)CCN(C)C2(C)C. The van der Waals surface area contributed by atoms with Gasteiger partial charge < -0.3 is 15.7 Å². The second-order valence-corrected chi connectivity index (χ2v) is 7.63. The van der Waals surface area contributed by atoms with Crippen LogP contribution < -0.4 is 16.2 Å². The molecule has 3 rings (SSSR count). The van der Waals surface area contributed by atoms with E-state index in [4.69, 9.17) is 0 Å². The summed E-state index contributed by atoms with van der Waals surface area (Å²) in [6.45, 7) is 4.57. The van der Waals surface area contributed by atoms with Crippen LogP contribution in [0.5, 0.6) is 5.75 Å². The molecule has 10 heteroatoms. The number of hydrogen-bond acceptors (Lipinski definition) is 6. The number of aromatic nitrogens is 2. The van der Waals surface area contributed by atoms with Crippen molar-refractivity contribution in [1.29, 1.82) is 0 Å². The van der Waals surface area contributed by atoms with Crippen LogP contribution in [0.3, 0.4) is 0 Å². The maximum atomic E-state index is 13.5. The summed E-state index contributed by atoms with van der Waals surface area (Å²) in [7, 11) is 3.30. The zero-order valence-corrected chi connectivity index (χ0v) is 17.2. The van der Waals surface area contributed by atoms with Gasteiger partial charge in [-0.15, -0.1) is 0 Å². The number of carbonyl (C=O) groups excluding carboxylic acids is 2. The highest BCUT2D eigenvalue weighted by Gasteiger charge is 2.36. The van der Waals surface area contributed by atoms with Gasteiger partial charge in [-0.1, -0.05) is 6.07 Å². The van der Waals surface area contributed by atoms with Crippen LogP contribution in [0.2, 0.25) is 0 Å². The van der Waals surface area contributed by atoms with Crippen molar-refractivity contribution in [2.75, 3.05) is 20.6 Å². The molecule has 0 atom stereocenters. The molecule has 0 spiro atoms. The van der Waals surface area contributed by atoms with Gasteiger partial charge in [0.15, 0.2) is 5.69 Å². The van der Waals surface area contributed by atoms with E-state index in [9.17, 15) is 23.9 Å². The predicted molar refractivity (Wildman–Crippen MR) is 107 cm³/mol. The third kappa shape index (κ3) is 3.65. The van der Waals surface area contributed by atoms with Crippen molar-refractivity contribution in [3.8, 4) is 5.75 Å². The Morgan fingerprint density at radius 1 is 1.27 bits per heavy atom. The maximum Gasteiger partial charge on any atom is 0.296 e. The van der Waals surface area contributed by atoms with Crippen LogP contribution in [0.4, 0.5) is 4.39 Å². The number of nitrogens with one attached hydrogen (secondary N) is 2. The van der Waals surface area contributed by atoms with Crippen molar-refractivity contribution in [2.45, 2.75) is 32.5 Å². The Hall–Kier alpha value is -3.27. The number of fused-ring (bicyclic) bond motifs is 1. The lowest BCUT2D eigenvalue weighted by molar-refractivity contribution is 0.0914. The first-order valence-electron chi connectivity index (χ1n) is 9.42. The van der Waals surface area contributed by atoms with Gasteiger partial charge >= 0.3 is 0 Å². The summed E-state index contributed by atoms with van der Waals surface area (Å²) in [5, 5.41) is 15.2. The van der Waals surface area contributed by atoms with Crippen LogP contribution in [0.15, 0.2) is 23.0 Å². The fraction of sp³-hybridized carbons (Fsp3) is 0.400. The topological polar surface area (TPSA) is 117 Å². The third-order valence-electron chi connectivity index (χ3n) is 5.50. The minimum atomic E-state index is -0.774. The Balaban J connectivity index is 1.93. The Morgan fingerprint density at radius 3 is 2.63 bits per heavy atom. The third-order valence-corrected chi connectivity index (χ3v) is 5.50. The van der Waals surface area contributed by atoms with Crippen molar-refractivity contribution in [1.82, 2.24) is 25.1 Å². The first-order chi connectivity index (χ1) is 14.1. The van der Waals surface area contributed by atoms with Gasteiger partial charge in [0.05, 0.1) is 5.54 Å². The monoisotopic (exact) mass is 417 g/mol. The van der Waals surface area contributed by atoms with Gasteiger partial charge in [-0.3, -0.25) is 23.9 Å². The lowest BCUT2D eigenvalue weighted by Crippen LogP contribution is -2.51. The molecule has 0 aliphatic carbocycles. The molecule has 2 aromatic rings. The average Bonchev–Trinajstić information content (AvgIpc) is 2.71. The van der Waals surface area contributed by atoms with Crippen LogP contribution in [0.1, 0.15) is 46.1 Å². The molecule has 0 radical (unpaired) electrons. The van der Waals surface area contributed by atoms with Crippen molar-refractivity contribution in [2.24, 2.45) is 0 Å². The van der Waals surface area contributed by atoms with Gasteiger partial charge in [-0.2, -0.15) is 0 Å². The molecular weight excluding hydrogens is 393 g/mol. The smallest absolute Gasteiger partial charge is 0.296 e. The quantitative estimate of drug-likeness (QED) is 0.669. The highest BCUT2D eigenvalue weighted by atomic mass is 19.1. The molecule has 0 bridgehead atoms. The summed E-state index contributed by atoms with van der Waals surface area (Å²) in [5.41, 5.74) is -1.25. The standard InChI is InChI=1S/C20H24FN5O4/c1-20(2)19-24-14(15(27)18(30)26(19)8-7-25(20)4)17(29)23-10-11-5-6-12(21)9-13(11)16(28)22-3/h5-6,9,27H,7-8,10H2,1-4H3,(H,22,28)(H,23,29). The molecular formula is C20H24FN5O4. The van der Waals surface area contributed by atoms with Crippen LogP contribution in [-0.2, 0) is 18.6 Å². The number of nitrogens with zero attached hydrogens (tertiary/aromatic N) is 3. The van der Waals surface area contributed by atoms with E-state index in [0.29, 0.717) is 24.5 Å². The molecule has 1 aliphatic rings. The highest BCUT2D eigenvalue weighted by Crippen LogP contribution is 2.29. The normalized spacial score (nSPS) is 15.4. The van der Waals surface area contributed by atoms with Crippen molar-refractivity contribution < 1.29 is 19.1 Å². The Morgan fingerprint density at radius 2 is 1.97 bits per heavy atom. The second kappa shape index (κ2) is 7.86. The van der Waals surface area contributed by atoms with Crippen molar-refractivity contribution >= 4 is 11.8 Å². The van der Waals surface area contributed by atoms with Gasteiger partial charge in [0.25, 0.3) is 17.4 Å². The summed E-state index contributed by atoms with van der Waals surface area (Å²) in [6.07, 6.45) is 0. The molecule has 0 fully saturated rings. The van der Waals surface area contributed by atoms with E-state index < -0.39 is 40.2 Å². The molecule has 1 aromatic heterocycles. The van der Waals surface area contributed by atoms with Gasteiger partial charge in [-0.25, -0.2) is 9.37 Å². The minimum Gasteiger partial charge on any atom is -0.501 e. The molecule has 2 amide bonds.